The van der Waals surface area contributed by atoms with Crippen molar-refractivity contribution in [2.24, 2.45) is 0 Å². The third-order valence-corrected chi connectivity index (χ3v) is 3.69. The molecule has 1 aromatic rings. The van der Waals surface area contributed by atoms with Crippen molar-refractivity contribution in [2.75, 3.05) is 19.6 Å². The molecule has 2 rings (SSSR count). The van der Waals surface area contributed by atoms with Crippen LogP contribution in [0, 0.1) is 6.92 Å². The Bertz CT molecular complexity index is 402. The number of pyridine rings is 1. The van der Waals surface area contributed by atoms with Crippen molar-refractivity contribution in [1.82, 2.24) is 15.2 Å². The van der Waals surface area contributed by atoms with Crippen molar-refractivity contribution in [1.29, 1.82) is 0 Å². The van der Waals surface area contributed by atoms with Crippen molar-refractivity contribution in [3.05, 3.63) is 23.5 Å². The molecule has 19 heavy (non-hydrogen) atoms. The number of aromatic hydroxyl groups is 1. The van der Waals surface area contributed by atoms with Gasteiger partial charge in [-0.05, 0) is 51.9 Å². The Morgan fingerprint density at radius 3 is 2.79 bits per heavy atom. The van der Waals surface area contributed by atoms with Crippen molar-refractivity contribution < 1.29 is 5.11 Å². The number of piperidine rings is 1. The lowest BCUT2D eigenvalue weighted by atomic mass is 10.1. The third kappa shape index (κ3) is 4.48. The van der Waals surface area contributed by atoms with Crippen LogP contribution in [0.2, 0.25) is 0 Å². The van der Waals surface area contributed by atoms with Crippen molar-refractivity contribution in [3.63, 3.8) is 0 Å². The largest absolute Gasteiger partial charge is 0.506 e. The van der Waals surface area contributed by atoms with Crippen LogP contribution in [0.4, 0.5) is 0 Å². The Hall–Kier alpha value is -1.13. The quantitative estimate of drug-likeness (QED) is 0.853. The first-order valence-electron chi connectivity index (χ1n) is 7.26. The molecule has 4 heteroatoms. The normalized spacial score (nSPS) is 18.4. The molecule has 1 aliphatic rings. The minimum Gasteiger partial charge on any atom is -0.506 e. The van der Waals surface area contributed by atoms with E-state index in [9.17, 15) is 5.11 Å². The predicted molar refractivity (Wildman–Crippen MR) is 77.2 cm³/mol. The maximum absolute atomic E-state index is 9.76. The van der Waals surface area contributed by atoms with Gasteiger partial charge in [-0.25, -0.2) is 0 Å². The Morgan fingerprint density at radius 1 is 1.32 bits per heavy atom. The number of hydrogen-bond donors (Lipinski definition) is 2. The van der Waals surface area contributed by atoms with Gasteiger partial charge in [0.05, 0.1) is 5.69 Å². The van der Waals surface area contributed by atoms with Crippen molar-refractivity contribution >= 4 is 0 Å². The fraction of sp³-hybridized carbons (Fsp3) is 0.667. The molecule has 0 aliphatic carbocycles. The lowest BCUT2D eigenvalue weighted by Gasteiger charge is -2.29. The highest BCUT2D eigenvalue weighted by Crippen LogP contribution is 2.14. The summed E-state index contributed by atoms with van der Waals surface area (Å²) in [5, 5.41) is 13.2. The zero-order valence-corrected chi connectivity index (χ0v) is 12.0. The van der Waals surface area contributed by atoms with E-state index in [1.54, 1.807) is 6.07 Å². The molecule has 1 aliphatic heterocycles. The van der Waals surface area contributed by atoms with E-state index in [1.165, 1.54) is 32.4 Å². The fourth-order valence-corrected chi connectivity index (χ4v) is 2.60. The van der Waals surface area contributed by atoms with Gasteiger partial charge in [0.1, 0.15) is 5.75 Å². The van der Waals surface area contributed by atoms with Crippen molar-refractivity contribution in [3.8, 4) is 5.75 Å². The summed E-state index contributed by atoms with van der Waals surface area (Å²) in [6, 6.07) is 3.96. The molecule has 1 aromatic heterocycles. The molecule has 1 saturated heterocycles. The number of aromatic nitrogens is 1. The third-order valence-electron chi connectivity index (χ3n) is 3.69. The highest BCUT2D eigenvalue weighted by molar-refractivity contribution is 5.27. The van der Waals surface area contributed by atoms with E-state index in [-0.39, 0.29) is 5.75 Å². The van der Waals surface area contributed by atoms with Crippen LogP contribution in [0.5, 0.6) is 5.75 Å². The van der Waals surface area contributed by atoms with Crippen LogP contribution in [0.1, 0.15) is 37.6 Å². The van der Waals surface area contributed by atoms with Gasteiger partial charge in [0, 0.05) is 24.8 Å². The SMILES string of the molecule is Cc1ccc(O)c(CNC(C)CN2CCCCC2)n1. The summed E-state index contributed by atoms with van der Waals surface area (Å²) in [5.41, 5.74) is 1.68. The van der Waals surface area contributed by atoms with Crippen LogP contribution in [0.15, 0.2) is 12.1 Å². The Kier molecular flexibility index (Phi) is 5.16. The highest BCUT2D eigenvalue weighted by atomic mass is 16.3. The van der Waals surface area contributed by atoms with Crippen molar-refractivity contribution in [2.45, 2.75) is 45.7 Å². The molecule has 2 heterocycles. The number of hydrogen-bond acceptors (Lipinski definition) is 4. The molecule has 0 spiro atoms. The molecule has 0 saturated carbocycles. The number of rotatable bonds is 5. The Labute approximate surface area is 115 Å². The molecular formula is C15H25N3O. The first-order chi connectivity index (χ1) is 9.15. The van der Waals surface area contributed by atoms with Gasteiger partial charge in [-0.15, -0.1) is 0 Å². The molecule has 1 fully saturated rings. The first-order valence-corrected chi connectivity index (χ1v) is 7.26. The van der Waals surface area contributed by atoms with Crippen LogP contribution in [-0.4, -0.2) is 40.7 Å². The topological polar surface area (TPSA) is 48.4 Å². The number of likely N-dealkylation sites (tertiary alicyclic amines) is 1. The maximum atomic E-state index is 9.76. The standard InChI is InChI=1S/C15H25N3O/c1-12-6-7-15(19)14(17-12)10-16-13(2)11-18-8-4-3-5-9-18/h6-7,13,16,19H,3-5,8-11H2,1-2H3. The zero-order chi connectivity index (χ0) is 13.7. The summed E-state index contributed by atoms with van der Waals surface area (Å²) < 4.78 is 0. The van der Waals surface area contributed by atoms with Gasteiger partial charge in [0.25, 0.3) is 0 Å². The molecule has 0 radical (unpaired) electrons. The van der Waals surface area contributed by atoms with E-state index in [0.29, 0.717) is 12.6 Å². The van der Waals surface area contributed by atoms with E-state index in [0.717, 1.165) is 17.9 Å². The molecule has 4 nitrogen and oxygen atoms in total. The summed E-state index contributed by atoms with van der Waals surface area (Å²) in [7, 11) is 0. The molecule has 0 amide bonds. The number of aryl methyl sites for hydroxylation is 1. The average Bonchev–Trinajstić information content (AvgIpc) is 2.41. The van der Waals surface area contributed by atoms with Gasteiger partial charge in [0.15, 0.2) is 0 Å². The minimum atomic E-state index is 0.281. The molecule has 0 bridgehead atoms. The molecule has 106 valence electrons. The monoisotopic (exact) mass is 263 g/mol. The van der Waals surface area contributed by atoms with Gasteiger partial charge in [0.2, 0.25) is 0 Å². The van der Waals surface area contributed by atoms with Crippen LogP contribution in [-0.2, 0) is 6.54 Å². The second-order valence-electron chi connectivity index (χ2n) is 5.56. The predicted octanol–water partition coefficient (Wildman–Crippen LogP) is 2.06. The minimum absolute atomic E-state index is 0.281. The van der Waals surface area contributed by atoms with E-state index in [2.05, 4.69) is 22.1 Å². The summed E-state index contributed by atoms with van der Waals surface area (Å²) in [6.07, 6.45) is 4.03. The van der Waals surface area contributed by atoms with E-state index in [1.807, 2.05) is 13.0 Å². The van der Waals surface area contributed by atoms with Crippen LogP contribution in [0.3, 0.4) is 0 Å². The van der Waals surface area contributed by atoms with Crippen LogP contribution < -0.4 is 5.32 Å². The van der Waals surface area contributed by atoms with E-state index < -0.39 is 0 Å². The second-order valence-corrected chi connectivity index (χ2v) is 5.56. The van der Waals surface area contributed by atoms with E-state index in [4.69, 9.17) is 0 Å². The smallest absolute Gasteiger partial charge is 0.138 e. The number of nitrogens with one attached hydrogen (secondary N) is 1. The lowest BCUT2D eigenvalue weighted by molar-refractivity contribution is 0.208. The number of nitrogens with zero attached hydrogens (tertiary/aromatic N) is 2. The molecule has 1 unspecified atom stereocenters. The summed E-state index contributed by atoms with van der Waals surface area (Å²) in [6.45, 7) is 8.29. The van der Waals surface area contributed by atoms with Crippen LogP contribution >= 0.6 is 0 Å². The summed E-state index contributed by atoms with van der Waals surface area (Å²) >= 11 is 0. The van der Waals surface area contributed by atoms with Gasteiger partial charge in [-0.1, -0.05) is 6.42 Å². The molecule has 0 aromatic carbocycles. The highest BCUT2D eigenvalue weighted by Gasteiger charge is 2.13. The van der Waals surface area contributed by atoms with E-state index >= 15 is 0 Å². The Morgan fingerprint density at radius 2 is 2.05 bits per heavy atom. The summed E-state index contributed by atoms with van der Waals surface area (Å²) in [4.78, 5) is 6.88. The Balaban J connectivity index is 1.79. The molecular weight excluding hydrogens is 238 g/mol. The second kappa shape index (κ2) is 6.87. The lowest BCUT2D eigenvalue weighted by Crippen LogP contribution is -2.41. The molecule has 1 atom stereocenters. The average molecular weight is 263 g/mol. The summed E-state index contributed by atoms with van der Waals surface area (Å²) in [5.74, 6) is 0.281. The van der Waals surface area contributed by atoms with Gasteiger partial charge < -0.3 is 15.3 Å². The maximum Gasteiger partial charge on any atom is 0.138 e. The fourth-order valence-electron chi connectivity index (χ4n) is 2.60. The van der Waals surface area contributed by atoms with Crippen LogP contribution in [0.25, 0.3) is 0 Å². The first kappa shape index (κ1) is 14.3. The van der Waals surface area contributed by atoms with Gasteiger partial charge in [-0.3, -0.25) is 4.98 Å². The van der Waals surface area contributed by atoms with Gasteiger partial charge in [-0.2, -0.15) is 0 Å². The zero-order valence-electron chi connectivity index (χ0n) is 12.0. The molecule has 2 N–H and O–H groups in total. The van der Waals surface area contributed by atoms with Gasteiger partial charge >= 0.3 is 0 Å².